The van der Waals surface area contributed by atoms with Crippen LogP contribution in [0, 0.1) is 0 Å². The van der Waals surface area contributed by atoms with Crippen LogP contribution in [0.25, 0.3) is 0 Å². The van der Waals surface area contributed by atoms with Crippen LogP contribution in [0.4, 0.5) is 9.59 Å². The molecule has 1 aromatic rings. The SMILES string of the molecule is CC(C)(C)OC(=O)/N=C(\C(=O)O)N(C(=O)OC(C)(C)C)n1cccn1. The number of amidine groups is 1. The summed E-state index contributed by atoms with van der Waals surface area (Å²) in [5.41, 5.74) is -1.79. The van der Waals surface area contributed by atoms with E-state index < -0.39 is 35.2 Å². The first-order valence-corrected chi connectivity index (χ1v) is 7.38. The zero-order valence-corrected chi connectivity index (χ0v) is 15.0. The highest BCUT2D eigenvalue weighted by Gasteiger charge is 2.33. The van der Waals surface area contributed by atoms with Gasteiger partial charge in [0.1, 0.15) is 11.2 Å². The number of carbonyl (C=O) groups is 3. The quantitative estimate of drug-likeness (QED) is 0.605. The number of carboxylic acid groups (broad SMARTS) is 1. The molecule has 1 rings (SSSR count). The first-order chi connectivity index (χ1) is 11.3. The predicted octanol–water partition coefficient (Wildman–Crippen LogP) is 2.17. The molecule has 0 saturated heterocycles. The third-order valence-corrected chi connectivity index (χ3v) is 2.24. The van der Waals surface area contributed by atoms with Gasteiger partial charge in [-0.3, -0.25) is 0 Å². The summed E-state index contributed by atoms with van der Waals surface area (Å²) in [5.74, 6) is -2.54. The molecule has 0 aromatic carbocycles. The Balaban J connectivity index is 3.30. The van der Waals surface area contributed by atoms with Crippen molar-refractivity contribution in [1.29, 1.82) is 0 Å². The van der Waals surface area contributed by atoms with Crippen LogP contribution < -0.4 is 5.01 Å². The third-order valence-electron chi connectivity index (χ3n) is 2.24. The van der Waals surface area contributed by atoms with Gasteiger partial charge in [-0.1, -0.05) is 0 Å². The molecule has 0 aliphatic carbocycles. The maximum absolute atomic E-state index is 12.4. The summed E-state index contributed by atoms with van der Waals surface area (Å²) >= 11 is 0. The van der Waals surface area contributed by atoms with E-state index in [0.717, 1.165) is 4.79 Å². The van der Waals surface area contributed by atoms with E-state index in [9.17, 15) is 19.5 Å². The van der Waals surface area contributed by atoms with Crippen LogP contribution in [-0.2, 0) is 14.3 Å². The molecule has 0 spiro atoms. The molecule has 1 aromatic heterocycles. The molecular formula is C15H22N4O6. The fourth-order valence-electron chi connectivity index (χ4n) is 1.51. The van der Waals surface area contributed by atoms with E-state index in [-0.39, 0.29) is 0 Å². The molecule has 2 amide bonds. The van der Waals surface area contributed by atoms with Gasteiger partial charge in [-0.2, -0.15) is 9.89 Å². The summed E-state index contributed by atoms with van der Waals surface area (Å²) < 4.78 is 10.1. The average Bonchev–Trinajstić information content (AvgIpc) is 2.86. The number of nitrogens with zero attached hydrogens (tertiary/aromatic N) is 4. The summed E-state index contributed by atoms with van der Waals surface area (Å²) in [4.78, 5) is 40.2. The number of hydrogen-bond acceptors (Lipinski definition) is 6. The Morgan fingerprint density at radius 1 is 1.08 bits per heavy atom. The van der Waals surface area contributed by atoms with Crippen LogP contribution in [0.3, 0.4) is 0 Å². The van der Waals surface area contributed by atoms with Crippen molar-refractivity contribution in [3.8, 4) is 0 Å². The Labute approximate surface area is 145 Å². The van der Waals surface area contributed by atoms with E-state index in [0.29, 0.717) is 5.01 Å². The molecule has 0 radical (unpaired) electrons. The summed E-state index contributed by atoms with van der Waals surface area (Å²) in [5, 5.41) is 13.7. The summed E-state index contributed by atoms with van der Waals surface area (Å²) in [6.45, 7) is 9.62. The molecule has 0 atom stereocenters. The molecule has 0 unspecified atom stereocenters. The lowest BCUT2D eigenvalue weighted by molar-refractivity contribution is -0.129. The van der Waals surface area contributed by atoms with Crippen LogP contribution in [0.1, 0.15) is 41.5 Å². The number of hydrogen-bond donors (Lipinski definition) is 1. The van der Waals surface area contributed by atoms with E-state index in [2.05, 4.69) is 10.1 Å². The second-order valence-electron chi connectivity index (χ2n) is 6.94. The van der Waals surface area contributed by atoms with Gasteiger partial charge >= 0.3 is 18.2 Å². The van der Waals surface area contributed by atoms with E-state index in [1.54, 1.807) is 41.5 Å². The normalized spacial score (nSPS) is 12.5. The number of carbonyl (C=O) groups excluding carboxylic acids is 2. The number of amides is 2. The highest BCUT2D eigenvalue weighted by Crippen LogP contribution is 2.12. The number of ether oxygens (including phenoxy) is 2. The van der Waals surface area contributed by atoms with Crippen LogP contribution in [0.5, 0.6) is 0 Å². The van der Waals surface area contributed by atoms with Gasteiger partial charge in [0.05, 0.1) is 6.20 Å². The maximum atomic E-state index is 12.4. The zero-order valence-electron chi connectivity index (χ0n) is 15.0. The molecule has 0 aliphatic heterocycles. The fraction of sp³-hybridized carbons (Fsp3) is 0.533. The van der Waals surface area contributed by atoms with Crippen LogP contribution in [-0.4, -0.2) is 50.2 Å². The largest absolute Gasteiger partial charge is 0.475 e. The minimum Gasteiger partial charge on any atom is -0.475 e. The molecule has 0 saturated carbocycles. The van der Waals surface area contributed by atoms with Gasteiger partial charge < -0.3 is 14.6 Å². The van der Waals surface area contributed by atoms with Crippen molar-refractivity contribution < 1.29 is 29.0 Å². The Bertz CT molecular complexity index is 667. The second kappa shape index (κ2) is 7.32. The van der Waals surface area contributed by atoms with Crippen molar-refractivity contribution in [2.45, 2.75) is 52.7 Å². The van der Waals surface area contributed by atoms with Crippen molar-refractivity contribution in [3.05, 3.63) is 18.5 Å². The standard InChI is InChI=1S/C15H22N4O6/c1-14(2,3)24-12(22)17-10(11(20)21)19(18-9-7-8-16-18)13(23)25-15(4,5)6/h7-9H,1-6H3,(H,20,21)/b17-10+. The smallest absolute Gasteiger partial charge is 0.437 e. The molecular weight excluding hydrogens is 332 g/mol. The molecule has 0 fully saturated rings. The average molecular weight is 354 g/mol. The van der Waals surface area contributed by atoms with E-state index in [4.69, 9.17) is 9.47 Å². The predicted molar refractivity (Wildman–Crippen MR) is 88.0 cm³/mol. The Morgan fingerprint density at radius 3 is 2.04 bits per heavy atom. The number of aromatic nitrogens is 2. The van der Waals surface area contributed by atoms with Gasteiger partial charge in [0.25, 0.3) is 5.84 Å². The molecule has 138 valence electrons. The van der Waals surface area contributed by atoms with Crippen LogP contribution in [0.15, 0.2) is 23.5 Å². The molecule has 10 nitrogen and oxygen atoms in total. The van der Waals surface area contributed by atoms with Crippen molar-refractivity contribution in [1.82, 2.24) is 9.89 Å². The minimum absolute atomic E-state index is 0.525. The van der Waals surface area contributed by atoms with Crippen LogP contribution >= 0.6 is 0 Å². The Morgan fingerprint density at radius 2 is 1.64 bits per heavy atom. The highest BCUT2D eigenvalue weighted by molar-refractivity contribution is 6.43. The number of aliphatic carboxylic acids is 1. The van der Waals surface area contributed by atoms with Gasteiger partial charge in [0.15, 0.2) is 0 Å². The van der Waals surface area contributed by atoms with Crippen LogP contribution in [0.2, 0.25) is 0 Å². The number of rotatable bonds is 1. The lowest BCUT2D eigenvalue weighted by Gasteiger charge is -2.26. The van der Waals surface area contributed by atoms with E-state index in [1.807, 2.05) is 0 Å². The van der Waals surface area contributed by atoms with E-state index >= 15 is 0 Å². The summed E-state index contributed by atoms with van der Waals surface area (Å²) in [6.07, 6.45) is 0.397. The maximum Gasteiger partial charge on any atom is 0.437 e. The molecule has 25 heavy (non-hydrogen) atoms. The Hall–Kier alpha value is -2.91. The lowest BCUT2D eigenvalue weighted by atomic mass is 10.2. The topological polar surface area (TPSA) is 123 Å². The zero-order chi connectivity index (χ0) is 19.4. The van der Waals surface area contributed by atoms with Gasteiger partial charge in [0.2, 0.25) is 0 Å². The van der Waals surface area contributed by atoms with Crippen molar-refractivity contribution >= 4 is 24.0 Å². The third kappa shape index (κ3) is 6.61. The molecule has 0 bridgehead atoms. The first-order valence-electron chi connectivity index (χ1n) is 7.38. The number of aliphatic imine (C=N–C) groups is 1. The summed E-state index contributed by atoms with van der Waals surface area (Å²) in [6, 6.07) is 1.46. The van der Waals surface area contributed by atoms with Gasteiger partial charge in [-0.05, 0) is 47.6 Å². The van der Waals surface area contributed by atoms with Crippen molar-refractivity contribution in [3.63, 3.8) is 0 Å². The highest BCUT2D eigenvalue weighted by atomic mass is 16.6. The van der Waals surface area contributed by atoms with Crippen molar-refractivity contribution in [2.24, 2.45) is 4.99 Å². The molecule has 0 aliphatic rings. The second-order valence-corrected chi connectivity index (χ2v) is 6.94. The monoisotopic (exact) mass is 354 g/mol. The number of carboxylic acids is 1. The van der Waals surface area contributed by atoms with Crippen molar-refractivity contribution in [2.75, 3.05) is 5.01 Å². The van der Waals surface area contributed by atoms with Gasteiger partial charge in [0, 0.05) is 6.20 Å². The molecule has 1 heterocycles. The molecule has 1 N–H and O–H groups in total. The van der Waals surface area contributed by atoms with E-state index in [1.165, 1.54) is 18.5 Å². The summed E-state index contributed by atoms with van der Waals surface area (Å²) in [7, 11) is 0. The van der Waals surface area contributed by atoms with Gasteiger partial charge in [-0.15, -0.1) is 10.0 Å². The Kier molecular flexibility index (Phi) is 5.90. The first kappa shape index (κ1) is 20.1. The molecule has 10 heteroatoms. The minimum atomic E-state index is -1.63. The fourth-order valence-corrected chi connectivity index (χ4v) is 1.51. The lowest BCUT2D eigenvalue weighted by Crippen LogP contribution is -2.51. The van der Waals surface area contributed by atoms with Gasteiger partial charge in [-0.25, -0.2) is 14.4 Å².